The molecule has 2 aromatic carbocycles. The second-order valence-corrected chi connectivity index (χ2v) is 9.02. The number of nitriles is 1. The molecule has 1 aliphatic heterocycles. The Bertz CT molecular complexity index is 1200. The first-order valence-electron chi connectivity index (χ1n) is 11.0. The van der Waals surface area contributed by atoms with Gasteiger partial charge in [-0.15, -0.1) is 11.8 Å². The number of allylic oxidation sites excluding steroid dienone is 1. The zero-order valence-corrected chi connectivity index (χ0v) is 22.2. The Labute approximate surface area is 216 Å². The third kappa shape index (κ3) is 6.44. The van der Waals surface area contributed by atoms with Crippen LogP contribution in [0.3, 0.4) is 0 Å². The minimum Gasteiger partial charge on any atom is -0.490 e. The molecule has 184 valence electrons. The van der Waals surface area contributed by atoms with Gasteiger partial charge in [-0.2, -0.15) is 5.26 Å². The Kier molecular flexibility index (Phi) is 9.75. The number of fused-ring (bicyclic) bond motifs is 1. The van der Waals surface area contributed by atoms with Crippen LogP contribution in [-0.4, -0.2) is 69.5 Å². The normalized spacial score (nSPS) is 14.3. The monoisotopic (exact) mass is 512 g/mol. The summed E-state index contributed by atoms with van der Waals surface area (Å²) >= 11 is 8.11. The summed E-state index contributed by atoms with van der Waals surface area (Å²) in [4.78, 5) is 12.0. The highest BCUT2D eigenvalue weighted by Crippen LogP contribution is 2.37. The van der Waals surface area contributed by atoms with Crippen molar-refractivity contribution in [2.75, 3.05) is 53.9 Å². The number of rotatable bonds is 9. The molecule has 7 nitrogen and oxygen atoms in total. The van der Waals surface area contributed by atoms with E-state index in [1.54, 1.807) is 19.2 Å². The van der Waals surface area contributed by atoms with Gasteiger partial charge in [-0.3, -0.25) is 0 Å². The summed E-state index contributed by atoms with van der Waals surface area (Å²) in [5.41, 5.74) is 4.89. The Hall–Kier alpha value is -2.83. The number of nitrogens with zero attached hydrogens (tertiary/aromatic N) is 4. The van der Waals surface area contributed by atoms with Crippen molar-refractivity contribution < 1.29 is 14.2 Å². The lowest BCUT2D eigenvalue weighted by Crippen LogP contribution is -2.14. The first-order valence-corrected chi connectivity index (χ1v) is 12.6. The molecule has 2 aromatic rings. The molecule has 35 heavy (non-hydrogen) atoms. The van der Waals surface area contributed by atoms with Gasteiger partial charge >= 0.3 is 0 Å². The summed E-state index contributed by atoms with van der Waals surface area (Å²) in [7, 11) is 5.56. The fourth-order valence-corrected chi connectivity index (χ4v) is 4.15. The van der Waals surface area contributed by atoms with Crippen LogP contribution in [0, 0.1) is 11.3 Å². The molecule has 0 fully saturated rings. The zero-order chi connectivity index (χ0) is 25.4. The fourth-order valence-electron chi connectivity index (χ4n) is 3.34. The van der Waals surface area contributed by atoms with Crippen LogP contribution < -0.4 is 4.74 Å². The molecule has 0 aliphatic carbocycles. The largest absolute Gasteiger partial charge is 0.490 e. The Morgan fingerprint density at radius 2 is 1.83 bits per heavy atom. The number of benzene rings is 2. The van der Waals surface area contributed by atoms with Crippen molar-refractivity contribution in [3.63, 3.8) is 0 Å². The second kappa shape index (κ2) is 12.8. The zero-order valence-electron chi connectivity index (χ0n) is 20.6. The van der Waals surface area contributed by atoms with Gasteiger partial charge in [-0.25, -0.2) is 9.98 Å². The maximum Gasteiger partial charge on any atom is 0.139 e. The van der Waals surface area contributed by atoms with Crippen LogP contribution in [0.25, 0.3) is 0 Å². The molecular weight excluding hydrogens is 484 g/mol. The van der Waals surface area contributed by atoms with Crippen molar-refractivity contribution in [2.24, 2.45) is 9.98 Å². The summed E-state index contributed by atoms with van der Waals surface area (Å²) in [6, 6.07) is 13.3. The molecule has 0 aromatic heterocycles. The van der Waals surface area contributed by atoms with Gasteiger partial charge in [-0.1, -0.05) is 29.8 Å². The maximum absolute atomic E-state index is 9.89. The van der Waals surface area contributed by atoms with Gasteiger partial charge in [0.1, 0.15) is 29.2 Å². The highest BCUT2D eigenvalue weighted by Gasteiger charge is 2.24. The molecule has 0 saturated heterocycles. The van der Waals surface area contributed by atoms with Gasteiger partial charge in [-0.05, 0) is 25.3 Å². The van der Waals surface area contributed by atoms with E-state index >= 15 is 0 Å². The van der Waals surface area contributed by atoms with E-state index in [1.165, 1.54) is 11.8 Å². The summed E-state index contributed by atoms with van der Waals surface area (Å²) in [6.45, 7) is 3.68. The number of methoxy groups -OCH3 is 1. The van der Waals surface area contributed by atoms with Crippen LogP contribution in [0.15, 0.2) is 57.8 Å². The Morgan fingerprint density at radius 3 is 2.49 bits per heavy atom. The SMILES string of the molecule is COCCOCCOc1cc2c(cc1C#N)C(c1ccccc1Cl)=N/C(=C(/C)N(C)C)C(SC)=N2. The average Bonchev–Trinajstić information content (AvgIpc) is 3.01. The van der Waals surface area contributed by atoms with Crippen LogP contribution in [0.4, 0.5) is 5.69 Å². The molecule has 0 spiro atoms. The Balaban J connectivity index is 2.15. The lowest BCUT2D eigenvalue weighted by Gasteiger charge is -2.17. The van der Waals surface area contributed by atoms with Crippen molar-refractivity contribution in [1.29, 1.82) is 5.26 Å². The Morgan fingerprint density at radius 1 is 1.09 bits per heavy atom. The molecule has 0 amide bonds. The summed E-state index contributed by atoms with van der Waals surface area (Å²) in [5, 5.41) is 11.2. The quantitative estimate of drug-likeness (QED) is 0.425. The van der Waals surface area contributed by atoms with Crippen molar-refractivity contribution in [2.45, 2.75) is 6.92 Å². The first-order chi connectivity index (χ1) is 16.9. The lowest BCUT2D eigenvalue weighted by molar-refractivity contribution is 0.0544. The van der Waals surface area contributed by atoms with Gasteiger partial charge in [0.05, 0.1) is 36.8 Å². The van der Waals surface area contributed by atoms with Crippen LogP contribution >= 0.6 is 23.4 Å². The van der Waals surface area contributed by atoms with E-state index in [0.717, 1.165) is 22.0 Å². The van der Waals surface area contributed by atoms with E-state index in [0.29, 0.717) is 59.7 Å². The minimum atomic E-state index is 0.298. The average molecular weight is 513 g/mol. The van der Waals surface area contributed by atoms with Crippen molar-refractivity contribution >= 4 is 39.8 Å². The number of hydrogen-bond acceptors (Lipinski definition) is 8. The van der Waals surface area contributed by atoms with Crippen LogP contribution in [0.5, 0.6) is 5.75 Å². The van der Waals surface area contributed by atoms with E-state index in [2.05, 4.69) is 6.07 Å². The van der Waals surface area contributed by atoms with Gasteiger partial charge in [0.15, 0.2) is 0 Å². The molecule has 0 N–H and O–H groups in total. The molecule has 0 atom stereocenters. The molecular formula is C26H29ClN4O3S. The van der Waals surface area contributed by atoms with Crippen molar-refractivity contribution in [1.82, 2.24) is 4.90 Å². The summed E-state index contributed by atoms with van der Waals surface area (Å²) in [6.07, 6.45) is 1.97. The van der Waals surface area contributed by atoms with Crippen LogP contribution in [0.2, 0.25) is 5.02 Å². The van der Waals surface area contributed by atoms with Crippen molar-refractivity contribution in [3.05, 3.63) is 69.5 Å². The van der Waals surface area contributed by atoms with Crippen molar-refractivity contribution in [3.8, 4) is 11.8 Å². The van der Waals surface area contributed by atoms with Gasteiger partial charge < -0.3 is 19.1 Å². The van der Waals surface area contributed by atoms with E-state index in [-0.39, 0.29) is 0 Å². The molecule has 1 aliphatic rings. The van der Waals surface area contributed by atoms with E-state index in [4.69, 9.17) is 35.8 Å². The highest BCUT2D eigenvalue weighted by molar-refractivity contribution is 8.13. The summed E-state index contributed by atoms with van der Waals surface area (Å²) in [5.74, 6) is 0.445. The molecule has 1 heterocycles. The maximum atomic E-state index is 9.89. The van der Waals surface area contributed by atoms with Gasteiger partial charge in [0, 0.05) is 49.1 Å². The molecule has 0 saturated carbocycles. The van der Waals surface area contributed by atoms with E-state index in [9.17, 15) is 5.26 Å². The molecule has 0 radical (unpaired) electrons. The smallest absolute Gasteiger partial charge is 0.139 e. The third-order valence-electron chi connectivity index (χ3n) is 5.37. The number of halogens is 1. The minimum absolute atomic E-state index is 0.298. The first kappa shape index (κ1) is 26.8. The number of thioether (sulfide) groups is 1. The summed E-state index contributed by atoms with van der Waals surface area (Å²) < 4.78 is 16.4. The standard InChI is InChI=1S/C26H29ClN4O3S/c1-17(31(2)3)24-26(35-5)29-22-15-23(34-13-12-33-11-10-32-4)18(16-28)14-20(22)25(30-24)19-8-6-7-9-21(19)27/h6-9,14-15H,10-13H2,1-5H3/b24-17-. The number of ether oxygens (including phenoxy) is 3. The van der Waals surface area contributed by atoms with E-state index in [1.807, 2.05) is 56.4 Å². The van der Waals surface area contributed by atoms with Gasteiger partial charge in [0.25, 0.3) is 0 Å². The molecule has 0 unspecified atom stereocenters. The van der Waals surface area contributed by atoms with E-state index < -0.39 is 0 Å². The highest BCUT2D eigenvalue weighted by atomic mass is 35.5. The molecule has 9 heteroatoms. The predicted molar refractivity (Wildman–Crippen MR) is 143 cm³/mol. The molecule has 0 bridgehead atoms. The third-order valence-corrected chi connectivity index (χ3v) is 6.38. The number of hydrogen-bond donors (Lipinski definition) is 0. The predicted octanol–water partition coefficient (Wildman–Crippen LogP) is 5.29. The second-order valence-electron chi connectivity index (χ2n) is 7.82. The lowest BCUT2D eigenvalue weighted by atomic mass is 9.98. The molecule has 3 rings (SSSR count). The van der Waals surface area contributed by atoms with Crippen LogP contribution in [0.1, 0.15) is 23.6 Å². The number of aliphatic imine (C=N–C) groups is 2. The fraction of sp³-hybridized carbons (Fsp3) is 0.346. The topological polar surface area (TPSA) is 79.4 Å². The van der Waals surface area contributed by atoms with Gasteiger partial charge in [0.2, 0.25) is 0 Å². The van der Waals surface area contributed by atoms with Crippen LogP contribution in [-0.2, 0) is 9.47 Å².